The first kappa shape index (κ1) is 14.5. The summed E-state index contributed by atoms with van der Waals surface area (Å²) in [6, 6.07) is 12.3. The van der Waals surface area contributed by atoms with Crippen molar-refractivity contribution in [1.29, 1.82) is 0 Å². The Bertz CT molecular complexity index is 687. The summed E-state index contributed by atoms with van der Waals surface area (Å²) in [6.07, 6.45) is 5.96. The molecule has 1 aliphatic carbocycles. The largest absolute Gasteiger partial charge is 0.464 e. The maximum absolute atomic E-state index is 12.5. The third-order valence-corrected chi connectivity index (χ3v) is 5.23. The van der Waals surface area contributed by atoms with Gasteiger partial charge in [0, 0.05) is 25.2 Å². The molecule has 1 saturated heterocycles. The minimum absolute atomic E-state index is 0.225. The molecule has 0 bridgehead atoms. The maximum atomic E-state index is 12.5. The highest BCUT2D eigenvalue weighted by Gasteiger charge is 2.47. The molecule has 1 saturated carbocycles. The second-order valence-electron chi connectivity index (χ2n) is 6.59. The van der Waals surface area contributed by atoms with Gasteiger partial charge in [0.05, 0.1) is 6.26 Å². The van der Waals surface area contributed by atoms with Gasteiger partial charge in [0.15, 0.2) is 0 Å². The van der Waals surface area contributed by atoms with Crippen LogP contribution in [0.2, 0.25) is 0 Å². The number of benzene rings is 1. The van der Waals surface area contributed by atoms with Crippen molar-refractivity contribution in [1.82, 2.24) is 10.2 Å². The SMILES string of the molecule is O=C1NCCN(Cc2cccc(-c3ccco3)c2)C12CCCC2. The second kappa shape index (κ2) is 5.85. The number of nitrogens with zero attached hydrogens (tertiary/aromatic N) is 1. The zero-order valence-corrected chi connectivity index (χ0v) is 13.3. The molecule has 1 aromatic carbocycles. The summed E-state index contributed by atoms with van der Waals surface area (Å²) in [6.45, 7) is 2.50. The lowest BCUT2D eigenvalue weighted by Gasteiger charge is -2.43. The molecule has 2 aliphatic rings. The molecular weight excluding hydrogens is 288 g/mol. The molecule has 4 rings (SSSR count). The molecule has 1 spiro atoms. The molecule has 2 fully saturated rings. The standard InChI is InChI=1S/C19H22N2O2/c22-18-19(8-1-2-9-19)21(11-10-20-18)14-15-5-3-6-16(13-15)17-7-4-12-23-17/h3-7,12-13H,1-2,8-11,14H2,(H,20,22). The summed E-state index contributed by atoms with van der Waals surface area (Å²) in [5.41, 5.74) is 2.05. The quantitative estimate of drug-likeness (QED) is 0.947. The van der Waals surface area contributed by atoms with E-state index in [2.05, 4.69) is 34.5 Å². The van der Waals surface area contributed by atoms with Gasteiger partial charge in [0.2, 0.25) is 5.91 Å². The van der Waals surface area contributed by atoms with E-state index in [4.69, 9.17) is 4.42 Å². The zero-order chi connectivity index (χ0) is 15.7. The van der Waals surface area contributed by atoms with E-state index < -0.39 is 0 Å². The average Bonchev–Trinajstić information content (AvgIpc) is 3.25. The van der Waals surface area contributed by atoms with Gasteiger partial charge in [-0.1, -0.05) is 31.0 Å². The van der Waals surface area contributed by atoms with Crippen LogP contribution in [0.4, 0.5) is 0 Å². The van der Waals surface area contributed by atoms with Crippen LogP contribution in [0.1, 0.15) is 31.2 Å². The molecular formula is C19H22N2O2. The number of carbonyl (C=O) groups excluding carboxylic acids is 1. The molecule has 1 aromatic heterocycles. The highest BCUT2D eigenvalue weighted by atomic mass is 16.3. The van der Waals surface area contributed by atoms with Crippen molar-refractivity contribution in [3.05, 3.63) is 48.2 Å². The van der Waals surface area contributed by atoms with Crippen LogP contribution in [0.25, 0.3) is 11.3 Å². The molecule has 2 heterocycles. The van der Waals surface area contributed by atoms with E-state index in [0.717, 1.165) is 56.6 Å². The molecule has 2 aromatic rings. The van der Waals surface area contributed by atoms with E-state index >= 15 is 0 Å². The molecule has 1 aliphatic heterocycles. The third-order valence-electron chi connectivity index (χ3n) is 5.23. The number of rotatable bonds is 3. The number of furan rings is 1. The topological polar surface area (TPSA) is 45.5 Å². The van der Waals surface area contributed by atoms with Gasteiger partial charge < -0.3 is 9.73 Å². The Hall–Kier alpha value is -2.07. The van der Waals surface area contributed by atoms with E-state index in [-0.39, 0.29) is 11.4 Å². The second-order valence-corrected chi connectivity index (χ2v) is 6.59. The molecule has 4 nitrogen and oxygen atoms in total. The van der Waals surface area contributed by atoms with E-state index in [1.54, 1.807) is 6.26 Å². The van der Waals surface area contributed by atoms with Crippen LogP contribution in [-0.4, -0.2) is 29.4 Å². The van der Waals surface area contributed by atoms with Crippen molar-refractivity contribution in [3.8, 4) is 11.3 Å². The van der Waals surface area contributed by atoms with E-state index in [0.29, 0.717) is 0 Å². The number of amides is 1. The first-order valence-corrected chi connectivity index (χ1v) is 8.44. The number of hydrogen-bond donors (Lipinski definition) is 1. The minimum atomic E-state index is -0.279. The van der Waals surface area contributed by atoms with E-state index in [1.807, 2.05) is 12.1 Å². The first-order chi connectivity index (χ1) is 11.3. The Kier molecular flexibility index (Phi) is 3.69. The van der Waals surface area contributed by atoms with Crippen LogP contribution in [0, 0.1) is 0 Å². The highest BCUT2D eigenvalue weighted by molar-refractivity contribution is 5.87. The lowest BCUT2D eigenvalue weighted by atomic mass is 9.91. The van der Waals surface area contributed by atoms with Crippen molar-refractivity contribution in [2.24, 2.45) is 0 Å². The molecule has 1 amide bonds. The summed E-state index contributed by atoms with van der Waals surface area (Å²) in [7, 11) is 0. The predicted octanol–water partition coefficient (Wildman–Crippen LogP) is 3.19. The third kappa shape index (κ3) is 2.57. The molecule has 0 unspecified atom stereocenters. The van der Waals surface area contributed by atoms with Crippen LogP contribution in [-0.2, 0) is 11.3 Å². The fourth-order valence-electron chi connectivity index (χ4n) is 4.05. The first-order valence-electron chi connectivity index (χ1n) is 8.44. The lowest BCUT2D eigenvalue weighted by Crippen LogP contribution is -2.63. The number of carbonyl (C=O) groups is 1. The monoisotopic (exact) mass is 310 g/mol. The molecule has 0 atom stereocenters. The van der Waals surface area contributed by atoms with Crippen molar-refractivity contribution < 1.29 is 9.21 Å². The van der Waals surface area contributed by atoms with Crippen LogP contribution in [0.3, 0.4) is 0 Å². The van der Waals surface area contributed by atoms with Gasteiger partial charge in [-0.05, 0) is 36.6 Å². The zero-order valence-electron chi connectivity index (χ0n) is 13.3. The van der Waals surface area contributed by atoms with E-state index in [9.17, 15) is 4.79 Å². The Morgan fingerprint density at radius 1 is 1.17 bits per heavy atom. The van der Waals surface area contributed by atoms with Gasteiger partial charge in [-0.3, -0.25) is 9.69 Å². The van der Waals surface area contributed by atoms with Gasteiger partial charge in [-0.25, -0.2) is 0 Å². The van der Waals surface area contributed by atoms with Crippen LogP contribution in [0.15, 0.2) is 47.1 Å². The van der Waals surface area contributed by atoms with Gasteiger partial charge in [0.1, 0.15) is 11.3 Å². The van der Waals surface area contributed by atoms with Gasteiger partial charge in [-0.15, -0.1) is 0 Å². The van der Waals surface area contributed by atoms with Gasteiger partial charge in [-0.2, -0.15) is 0 Å². The predicted molar refractivity (Wildman–Crippen MR) is 88.8 cm³/mol. The maximum Gasteiger partial charge on any atom is 0.240 e. The Labute approximate surface area is 136 Å². The smallest absolute Gasteiger partial charge is 0.240 e. The fraction of sp³-hybridized carbons (Fsp3) is 0.421. The summed E-state index contributed by atoms with van der Waals surface area (Å²) in [4.78, 5) is 14.9. The number of piperazine rings is 1. The number of nitrogens with one attached hydrogen (secondary N) is 1. The molecule has 23 heavy (non-hydrogen) atoms. The molecule has 120 valence electrons. The van der Waals surface area contributed by atoms with Crippen molar-refractivity contribution in [2.45, 2.75) is 37.8 Å². The highest BCUT2D eigenvalue weighted by Crippen LogP contribution is 2.38. The number of hydrogen-bond acceptors (Lipinski definition) is 3. The van der Waals surface area contributed by atoms with Crippen LogP contribution < -0.4 is 5.32 Å². The molecule has 1 N–H and O–H groups in total. The van der Waals surface area contributed by atoms with Crippen molar-refractivity contribution in [3.63, 3.8) is 0 Å². The van der Waals surface area contributed by atoms with E-state index in [1.165, 1.54) is 5.56 Å². The van der Waals surface area contributed by atoms with Crippen molar-refractivity contribution in [2.75, 3.05) is 13.1 Å². The average molecular weight is 310 g/mol. The Balaban J connectivity index is 1.59. The van der Waals surface area contributed by atoms with Gasteiger partial charge >= 0.3 is 0 Å². The summed E-state index contributed by atoms with van der Waals surface area (Å²) >= 11 is 0. The summed E-state index contributed by atoms with van der Waals surface area (Å²) < 4.78 is 5.50. The minimum Gasteiger partial charge on any atom is -0.464 e. The lowest BCUT2D eigenvalue weighted by molar-refractivity contribution is -0.137. The molecule has 0 radical (unpaired) electrons. The van der Waals surface area contributed by atoms with Gasteiger partial charge in [0.25, 0.3) is 0 Å². The summed E-state index contributed by atoms with van der Waals surface area (Å²) in [5.74, 6) is 1.11. The Morgan fingerprint density at radius 2 is 2.04 bits per heavy atom. The van der Waals surface area contributed by atoms with Crippen LogP contribution >= 0.6 is 0 Å². The molecule has 4 heteroatoms. The van der Waals surface area contributed by atoms with Crippen LogP contribution in [0.5, 0.6) is 0 Å². The fourth-order valence-corrected chi connectivity index (χ4v) is 4.05. The van der Waals surface area contributed by atoms with Crippen molar-refractivity contribution >= 4 is 5.91 Å². The Morgan fingerprint density at radius 3 is 2.83 bits per heavy atom. The normalized spacial score (nSPS) is 20.8. The summed E-state index contributed by atoms with van der Waals surface area (Å²) in [5, 5.41) is 3.07.